The molecule has 8 nitrogen and oxygen atoms in total. The maximum Gasteiger partial charge on any atom is 0.337 e. The molecule has 0 aliphatic carbocycles. The van der Waals surface area contributed by atoms with Crippen LogP contribution in [0.4, 0.5) is 4.39 Å². The highest BCUT2D eigenvalue weighted by Crippen LogP contribution is 2.46. The van der Waals surface area contributed by atoms with E-state index >= 15 is 0 Å². The molecule has 2 aromatic heterocycles. The molecule has 6 aromatic rings. The summed E-state index contributed by atoms with van der Waals surface area (Å²) < 4.78 is 27.3. The summed E-state index contributed by atoms with van der Waals surface area (Å²) in [5.74, 6) is -2.68. The van der Waals surface area contributed by atoms with E-state index in [1.54, 1.807) is 24.3 Å². The molecule has 0 saturated heterocycles. The van der Waals surface area contributed by atoms with E-state index in [1.165, 1.54) is 37.3 Å². The van der Waals surface area contributed by atoms with Crippen molar-refractivity contribution >= 4 is 78.0 Å². The van der Waals surface area contributed by atoms with Crippen molar-refractivity contribution in [2.24, 2.45) is 0 Å². The summed E-state index contributed by atoms with van der Waals surface area (Å²) in [6.07, 6.45) is 0. The van der Waals surface area contributed by atoms with Gasteiger partial charge in [-0.1, -0.05) is 72.3 Å². The number of allylic oxidation sites excluding steroid dienone is 6. The van der Waals surface area contributed by atoms with Gasteiger partial charge in [-0.25, -0.2) is 14.0 Å². The largest absolute Gasteiger partial charge is 0.457 e. The van der Waals surface area contributed by atoms with Gasteiger partial charge in [0.1, 0.15) is 19.0 Å². The number of carbonyl (C=O) groups excluding carboxylic acids is 4. The van der Waals surface area contributed by atoms with Crippen molar-refractivity contribution in [1.29, 1.82) is 0 Å². The molecule has 12 heteroatoms. The first-order valence-electron chi connectivity index (χ1n) is 19.9. The van der Waals surface area contributed by atoms with E-state index in [9.17, 15) is 23.6 Å². The van der Waals surface area contributed by atoms with Crippen molar-refractivity contribution in [1.82, 2.24) is 10.6 Å². The molecule has 0 spiro atoms. The Morgan fingerprint density at radius 1 is 0.581 bits per heavy atom. The van der Waals surface area contributed by atoms with Gasteiger partial charge in [-0.3, -0.25) is 9.59 Å². The maximum absolute atomic E-state index is 14.0. The zero-order valence-electron chi connectivity index (χ0n) is 35.0. The van der Waals surface area contributed by atoms with Gasteiger partial charge in [0.05, 0.1) is 11.1 Å². The van der Waals surface area contributed by atoms with Crippen LogP contribution in [0.2, 0.25) is 5.02 Å². The predicted octanol–water partition coefficient (Wildman–Crippen LogP) is 11.7. The molecule has 2 aliphatic rings. The summed E-state index contributed by atoms with van der Waals surface area (Å²) in [5.41, 5.74) is 8.02. The van der Waals surface area contributed by atoms with Crippen molar-refractivity contribution in [3.8, 4) is 0 Å². The molecule has 4 heterocycles. The SMILES string of the molecule is CC(=O)C1=C(C)NC(C)=C(C(=O)OCc2ccccc2)C1c1csc2ccc(Cl)cc12.CC(=O)C1=C(C)NC(C)=C(C(=O)OCc2ccccc2)C1c1csc2ccc(F)cc12. The van der Waals surface area contributed by atoms with Gasteiger partial charge in [0.2, 0.25) is 0 Å². The second-order valence-corrected chi connectivity index (χ2v) is 17.4. The fourth-order valence-electron chi connectivity index (χ4n) is 8.18. The Bertz CT molecular complexity index is 2680. The highest BCUT2D eigenvalue weighted by atomic mass is 35.5. The minimum atomic E-state index is -0.627. The van der Waals surface area contributed by atoms with E-state index in [0.29, 0.717) is 49.8 Å². The van der Waals surface area contributed by atoms with Gasteiger partial charge in [-0.15, -0.1) is 22.7 Å². The van der Waals surface area contributed by atoms with E-state index in [2.05, 4.69) is 10.6 Å². The first-order valence-corrected chi connectivity index (χ1v) is 22.0. The van der Waals surface area contributed by atoms with Crippen LogP contribution in [0.15, 0.2) is 153 Å². The zero-order chi connectivity index (χ0) is 44.2. The molecule has 8 rings (SSSR count). The monoisotopic (exact) mass is 886 g/mol. The summed E-state index contributed by atoms with van der Waals surface area (Å²) in [6, 6.07) is 29.2. The van der Waals surface area contributed by atoms with Crippen LogP contribution in [0.5, 0.6) is 0 Å². The molecule has 2 aliphatic heterocycles. The van der Waals surface area contributed by atoms with Gasteiger partial charge in [0.15, 0.2) is 11.6 Å². The second-order valence-electron chi connectivity index (χ2n) is 15.2. The summed E-state index contributed by atoms with van der Waals surface area (Å²) in [6.45, 7) is 10.6. The average molecular weight is 887 g/mol. The molecule has 2 atom stereocenters. The number of benzene rings is 4. The lowest BCUT2D eigenvalue weighted by molar-refractivity contribution is -0.141. The maximum atomic E-state index is 14.0. The highest BCUT2D eigenvalue weighted by Gasteiger charge is 2.39. The Kier molecular flexibility index (Phi) is 13.4. The summed E-state index contributed by atoms with van der Waals surface area (Å²) in [4.78, 5) is 51.8. The van der Waals surface area contributed by atoms with E-state index in [4.69, 9.17) is 21.1 Å². The van der Waals surface area contributed by atoms with Crippen molar-refractivity contribution in [2.45, 2.75) is 66.6 Å². The molecule has 2 unspecified atom stereocenters. The number of ether oxygens (including phenoxy) is 2. The Balaban J connectivity index is 0.000000186. The molecule has 316 valence electrons. The minimum Gasteiger partial charge on any atom is -0.457 e. The number of thiophene rings is 2. The van der Waals surface area contributed by atoms with Gasteiger partial charge in [-0.2, -0.15) is 0 Å². The number of Topliss-reactive ketones (excluding diaryl/α,β-unsaturated/α-hetero) is 2. The molecule has 4 aromatic carbocycles. The first-order chi connectivity index (χ1) is 29.7. The van der Waals surface area contributed by atoms with E-state index in [0.717, 1.165) is 42.7 Å². The number of rotatable bonds is 10. The smallest absolute Gasteiger partial charge is 0.337 e. The summed E-state index contributed by atoms with van der Waals surface area (Å²) in [7, 11) is 0. The zero-order valence-corrected chi connectivity index (χ0v) is 37.4. The molecule has 2 N–H and O–H groups in total. The molecule has 0 saturated carbocycles. The molecule has 62 heavy (non-hydrogen) atoms. The lowest BCUT2D eigenvalue weighted by Gasteiger charge is -2.30. The number of dihydropyridines is 2. The molecule has 0 radical (unpaired) electrons. The van der Waals surface area contributed by atoms with Crippen LogP contribution in [0.25, 0.3) is 20.2 Å². The molecular weight excluding hydrogens is 843 g/mol. The second kappa shape index (κ2) is 18.9. The van der Waals surface area contributed by atoms with Crippen LogP contribution in [0, 0.1) is 5.82 Å². The number of hydrogen-bond donors (Lipinski definition) is 2. The van der Waals surface area contributed by atoms with Gasteiger partial charge < -0.3 is 20.1 Å². The van der Waals surface area contributed by atoms with Crippen molar-refractivity contribution in [3.05, 3.63) is 186 Å². The fourth-order valence-corrected chi connectivity index (χ4v) is 10.3. The van der Waals surface area contributed by atoms with E-state index in [-0.39, 0.29) is 30.6 Å². The standard InChI is InChI=1S/C25H22ClNO3S.C25H22FNO3S/c2*1-14-22(16(3)28)24(20-13-31-21-10-9-18(26)11-19(20)21)23(15(2)27-14)25(29)30-12-17-7-5-4-6-8-17/h2*4-11,13,24,27H,12H2,1-3H3. The molecule has 0 fully saturated rings. The van der Waals surface area contributed by atoms with Crippen LogP contribution >= 0.6 is 34.3 Å². The van der Waals surface area contributed by atoms with Crippen LogP contribution in [-0.4, -0.2) is 23.5 Å². The third-order valence-corrected chi connectivity index (χ3v) is 13.1. The molecular formula is C50H44ClFN2O6S2. The van der Waals surface area contributed by atoms with E-state index < -0.39 is 23.8 Å². The average Bonchev–Trinajstić information content (AvgIpc) is 3.85. The summed E-state index contributed by atoms with van der Waals surface area (Å²) >= 11 is 9.30. The predicted molar refractivity (Wildman–Crippen MR) is 245 cm³/mol. The van der Waals surface area contributed by atoms with Crippen LogP contribution in [0.3, 0.4) is 0 Å². The van der Waals surface area contributed by atoms with Crippen molar-refractivity contribution < 1.29 is 33.0 Å². The van der Waals surface area contributed by atoms with Crippen LogP contribution in [-0.2, 0) is 41.9 Å². The third kappa shape index (κ3) is 9.21. The number of nitrogens with one attached hydrogen (secondary N) is 2. The lowest BCUT2D eigenvalue weighted by atomic mass is 9.79. The van der Waals surface area contributed by atoms with Crippen LogP contribution in [0.1, 0.15) is 75.6 Å². The minimum absolute atomic E-state index is 0.0859. The Labute approximate surface area is 372 Å². The third-order valence-electron chi connectivity index (χ3n) is 10.9. The van der Waals surface area contributed by atoms with Gasteiger partial charge >= 0.3 is 11.9 Å². The van der Waals surface area contributed by atoms with Crippen molar-refractivity contribution in [3.63, 3.8) is 0 Å². The van der Waals surface area contributed by atoms with Crippen LogP contribution < -0.4 is 10.6 Å². The normalized spacial score (nSPS) is 16.5. The quantitative estimate of drug-likeness (QED) is 0.131. The van der Waals surface area contributed by atoms with Crippen molar-refractivity contribution in [2.75, 3.05) is 0 Å². The topological polar surface area (TPSA) is 111 Å². The fraction of sp³-hybridized carbons (Fsp3) is 0.200. The molecule has 0 bridgehead atoms. The van der Waals surface area contributed by atoms with Gasteiger partial charge in [0.25, 0.3) is 0 Å². The summed E-state index contributed by atoms with van der Waals surface area (Å²) in [5, 5.41) is 12.5. The Morgan fingerprint density at radius 3 is 1.42 bits per heavy atom. The lowest BCUT2D eigenvalue weighted by Crippen LogP contribution is -2.31. The highest BCUT2D eigenvalue weighted by molar-refractivity contribution is 7.17. The number of ketones is 2. The number of fused-ring (bicyclic) bond motifs is 2. The number of carbonyl (C=O) groups is 4. The van der Waals surface area contributed by atoms with Gasteiger partial charge in [0, 0.05) is 60.2 Å². The van der Waals surface area contributed by atoms with E-state index in [1.807, 2.05) is 110 Å². The Hall–Kier alpha value is -6.14. The number of esters is 2. The van der Waals surface area contributed by atoms with Gasteiger partial charge in [-0.05, 0) is 122 Å². The number of halogens is 2. The Morgan fingerprint density at radius 2 is 0.984 bits per heavy atom. The first kappa shape index (κ1) is 43.9. The molecule has 0 amide bonds. The number of hydrogen-bond acceptors (Lipinski definition) is 10.